The molecule has 0 aliphatic rings. The minimum atomic E-state index is -0.295. The van der Waals surface area contributed by atoms with Crippen LogP contribution < -0.4 is 11.1 Å². The molecule has 0 fully saturated rings. The van der Waals surface area contributed by atoms with E-state index in [0.29, 0.717) is 11.3 Å². The minimum absolute atomic E-state index is 0.233. The molecule has 5 heteroatoms. The van der Waals surface area contributed by atoms with Crippen LogP contribution in [0.1, 0.15) is 29.0 Å². The van der Waals surface area contributed by atoms with Crippen LogP contribution in [0.25, 0.3) is 0 Å². The highest BCUT2D eigenvalue weighted by Crippen LogP contribution is 2.12. The number of amides is 1. The number of nitrogens with two attached hydrogens (primary N) is 1. The lowest BCUT2D eigenvalue weighted by molar-refractivity contribution is 0.0961. The van der Waals surface area contributed by atoms with Crippen molar-refractivity contribution >= 4 is 5.91 Å². The molecule has 0 radical (unpaired) electrons. The first-order valence-electron chi connectivity index (χ1n) is 3.58. The van der Waals surface area contributed by atoms with Crippen molar-refractivity contribution in [2.24, 2.45) is 5.73 Å². The maximum absolute atomic E-state index is 11.1. The summed E-state index contributed by atoms with van der Waals surface area (Å²) in [5.74, 6) is -0.233. The Morgan fingerprint density at radius 3 is 3.00 bits per heavy atom. The predicted octanol–water partition coefficient (Wildman–Crippen LogP) is 0.0539. The van der Waals surface area contributed by atoms with E-state index in [1.54, 1.807) is 14.0 Å². The Hall–Kier alpha value is -1.36. The largest absolute Gasteiger partial charge is 0.364 e. The number of hydrogen-bond donors (Lipinski definition) is 2. The van der Waals surface area contributed by atoms with Gasteiger partial charge in [0.1, 0.15) is 17.5 Å². The Balaban J connectivity index is 2.99. The second-order valence-corrected chi connectivity index (χ2v) is 2.48. The van der Waals surface area contributed by atoms with Crippen LogP contribution in [0.15, 0.2) is 10.8 Å². The smallest absolute Gasteiger partial charge is 0.256 e. The van der Waals surface area contributed by atoms with E-state index in [0.717, 1.165) is 0 Å². The molecule has 0 aliphatic heterocycles. The number of aromatic nitrogens is 1. The average Bonchev–Trinajstić information content (AvgIpc) is 2.50. The van der Waals surface area contributed by atoms with Gasteiger partial charge >= 0.3 is 0 Å². The van der Waals surface area contributed by atoms with E-state index in [9.17, 15) is 4.79 Å². The molecule has 1 aromatic heterocycles. The zero-order valence-corrected chi connectivity index (χ0v) is 7.00. The molecule has 0 saturated heterocycles. The number of nitrogens with one attached hydrogen (secondary N) is 1. The summed E-state index contributed by atoms with van der Waals surface area (Å²) < 4.78 is 4.64. The summed E-state index contributed by atoms with van der Waals surface area (Å²) >= 11 is 0. The summed E-state index contributed by atoms with van der Waals surface area (Å²) in [6, 6.07) is -0.295. The topological polar surface area (TPSA) is 81.2 Å². The van der Waals surface area contributed by atoms with Crippen molar-refractivity contribution in [2.45, 2.75) is 13.0 Å². The van der Waals surface area contributed by atoms with Crippen molar-refractivity contribution in [3.8, 4) is 0 Å². The second kappa shape index (κ2) is 3.36. The molecule has 0 aromatic carbocycles. The number of nitrogens with zero attached hydrogens (tertiary/aromatic N) is 1. The molecule has 1 amide bonds. The highest BCUT2D eigenvalue weighted by atomic mass is 16.5. The third-order valence-electron chi connectivity index (χ3n) is 1.50. The van der Waals surface area contributed by atoms with Crippen LogP contribution in [0.2, 0.25) is 0 Å². The van der Waals surface area contributed by atoms with Crippen LogP contribution in [0, 0.1) is 0 Å². The predicted molar refractivity (Wildman–Crippen MR) is 42.5 cm³/mol. The molecule has 1 rings (SSSR count). The molecule has 1 aromatic rings. The molecular formula is C7H11N3O2. The van der Waals surface area contributed by atoms with Crippen molar-refractivity contribution in [3.63, 3.8) is 0 Å². The number of carbonyl (C=O) groups is 1. The normalized spacial score (nSPS) is 12.6. The van der Waals surface area contributed by atoms with Gasteiger partial charge in [-0.25, -0.2) is 0 Å². The SMILES string of the molecule is CNC(=O)c1conc1C(C)N. The Kier molecular flexibility index (Phi) is 2.44. The highest BCUT2D eigenvalue weighted by molar-refractivity contribution is 5.94. The van der Waals surface area contributed by atoms with Crippen molar-refractivity contribution in [3.05, 3.63) is 17.5 Å². The van der Waals surface area contributed by atoms with E-state index >= 15 is 0 Å². The first-order valence-corrected chi connectivity index (χ1v) is 3.58. The van der Waals surface area contributed by atoms with Crippen molar-refractivity contribution in [2.75, 3.05) is 7.05 Å². The van der Waals surface area contributed by atoms with Gasteiger partial charge in [-0.1, -0.05) is 5.16 Å². The maximum Gasteiger partial charge on any atom is 0.256 e. The molecule has 0 spiro atoms. The molecule has 0 aliphatic carbocycles. The van der Waals surface area contributed by atoms with Gasteiger partial charge in [0.25, 0.3) is 5.91 Å². The number of rotatable bonds is 2. The molecule has 1 heterocycles. The van der Waals surface area contributed by atoms with Gasteiger partial charge in [-0.3, -0.25) is 4.79 Å². The molecule has 0 saturated carbocycles. The quantitative estimate of drug-likeness (QED) is 0.655. The molecule has 12 heavy (non-hydrogen) atoms. The molecule has 1 unspecified atom stereocenters. The number of hydrogen-bond acceptors (Lipinski definition) is 4. The van der Waals surface area contributed by atoms with E-state index in [4.69, 9.17) is 5.73 Å². The van der Waals surface area contributed by atoms with Crippen LogP contribution >= 0.6 is 0 Å². The van der Waals surface area contributed by atoms with Gasteiger partial charge in [-0.05, 0) is 6.92 Å². The fourth-order valence-corrected chi connectivity index (χ4v) is 0.878. The third-order valence-corrected chi connectivity index (χ3v) is 1.50. The van der Waals surface area contributed by atoms with E-state index in [2.05, 4.69) is 15.0 Å². The molecule has 0 bridgehead atoms. The zero-order chi connectivity index (χ0) is 9.14. The van der Waals surface area contributed by atoms with Crippen LogP contribution in [-0.4, -0.2) is 18.1 Å². The van der Waals surface area contributed by atoms with Gasteiger partial charge in [0.2, 0.25) is 0 Å². The zero-order valence-electron chi connectivity index (χ0n) is 7.00. The van der Waals surface area contributed by atoms with Crippen LogP contribution in [0.4, 0.5) is 0 Å². The lowest BCUT2D eigenvalue weighted by atomic mass is 10.1. The highest BCUT2D eigenvalue weighted by Gasteiger charge is 2.16. The van der Waals surface area contributed by atoms with E-state index in [1.807, 2.05) is 0 Å². The molecule has 3 N–H and O–H groups in total. The van der Waals surface area contributed by atoms with Crippen LogP contribution in [0.5, 0.6) is 0 Å². The lowest BCUT2D eigenvalue weighted by Crippen LogP contribution is -2.20. The Morgan fingerprint density at radius 2 is 2.50 bits per heavy atom. The Morgan fingerprint density at radius 1 is 1.83 bits per heavy atom. The van der Waals surface area contributed by atoms with Gasteiger partial charge in [-0.2, -0.15) is 0 Å². The minimum Gasteiger partial charge on any atom is -0.364 e. The summed E-state index contributed by atoms with van der Waals surface area (Å²) in [7, 11) is 1.54. The maximum atomic E-state index is 11.1. The van der Waals surface area contributed by atoms with E-state index in [1.165, 1.54) is 6.26 Å². The first kappa shape index (κ1) is 8.73. The molecule has 66 valence electrons. The second-order valence-electron chi connectivity index (χ2n) is 2.48. The standard InChI is InChI=1S/C7H11N3O2/c1-4(8)6-5(3-12-10-6)7(11)9-2/h3-4H,8H2,1-2H3,(H,9,11). The molecule has 1 atom stereocenters. The summed E-state index contributed by atoms with van der Waals surface area (Å²) in [5, 5.41) is 6.09. The Bertz CT molecular complexity index is 280. The average molecular weight is 169 g/mol. The summed E-state index contributed by atoms with van der Waals surface area (Å²) in [6.07, 6.45) is 1.29. The van der Waals surface area contributed by atoms with Gasteiger partial charge in [0.15, 0.2) is 0 Å². The van der Waals surface area contributed by atoms with Gasteiger partial charge in [0, 0.05) is 13.1 Å². The van der Waals surface area contributed by atoms with Crippen molar-refractivity contribution in [1.29, 1.82) is 0 Å². The monoisotopic (exact) mass is 169 g/mol. The fourth-order valence-electron chi connectivity index (χ4n) is 0.878. The third kappa shape index (κ3) is 1.45. The summed E-state index contributed by atoms with van der Waals surface area (Å²) in [4.78, 5) is 11.1. The van der Waals surface area contributed by atoms with Gasteiger partial charge in [-0.15, -0.1) is 0 Å². The molecular weight excluding hydrogens is 158 g/mol. The fraction of sp³-hybridized carbons (Fsp3) is 0.429. The number of carbonyl (C=O) groups excluding carboxylic acids is 1. The van der Waals surface area contributed by atoms with Gasteiger partial charge in [0.05, 0.1) is 0 Å². The van der Waals surface area contributed by atoms with E-state index in [-0.39, 0.29) is 11.9 Å². The van der Waals surface area contributed by atoms with Crippen LogP contribution in [0.3, 0.4) is 0 Å². The van der Waals surface area contributed by atoms with Crippen LogP contribution in [-0.2, 0) is 0 Å². The summed E-state index contributed by atoms with van der Waals surface area (Å²) in [5.41, 5.74) is 6.43. The summed E-state index contributed by atoms with van der Waals surface area (Å²) in [6.45, 7) is 1.74. The molecule has 5 nitrogen and oxygen atoms in total. The lowest BCUT2D eigenvalue weighted by Gasteiger charge is -2.01. The van der Waals surface area contributed by atoms with E-state index < -0.39 is 0 Å². The van der Waals surface area contributed by atoms with Crippen molar-refractivity contribution in [1.82, 2.24) is 10.5 Å². The van der Waals surface area contributed by atoms with Gasteiger partial charge < -0.3 is 15.6 Å². The first-order chi connectivity index (χ1) is 5.66. The van der Waals surface area contributed by atoms with Crippen molar-refractivity contribution < 1.29 is 9.32 Å². The Labute approximate surface area is 69.9 Å².